The lowest BCUT2D eigenvalue weighted by Crippen LogP contribution is -2.37. The summed E-state index contributed by atoms with van der Waals surface area (Å²) in [5, 5.41) is 6.32. The molecule has 2 N–H and O–H groups in total. The molecule has 0 bridgehead atoms. The van der Waals surface area contributed by atoms with Crippen molar-refractivity contribution in [3.8, 4) is 0 Å². The van der Waals surface area contributed by atoms with Crippen LogP contribution < -0.4 is 10.6 Å². The predicted octanol–water partition coefficient (Wildman–Crippen LogP) is 2.39. The summed E-state index contributed by atoms with van der Waals surface area (Å²) in [4.78, 5) is 4.15. The molecule has 0 fully saturated rings. The molecular weight excluding hydrogens is 484 g/mol. The second-order valence-electron chi connectivity index (χ2n) is 6.27. The van der Waals surface area contributed by atoms with E-state index < -0.39 is 15.7 Å². The highest BCUT2D eigenvalue weighted by Gasteiger charge is 2.11. The van der Waals surface area contributed by atoms with Crippen molar-refractivity contribution < 1.29 is 17.5 Å². The monoisotopic (exact) mass is 511 g/mol. The van der Waals surface area contributed by atoms with Crippen LogP contribution in [0.25, 0.3) is 0 Å². The van der Waals surface area contributed by atoms with Gasteiger partial charge in [-0.05, 0) is 36.1 Å². The second kappa shape index (κ2) is 11.6. The van der Waals surface area contributed by atoms with Gasteiger partial charge in [0.2, 0.25) is 0 Å². The molecule has 0 saturated carbocycles. The van der Waals surface area contributed by atoms with Gasteiger partial charge in [-0.2, -0.15) is 0 Å². The summed E-state index contributed by atoms with van der Waals surface area (Å²) >= 11 is 0. The highest BCUT2D eigenvalue weighted by atomic mass is 127. The van der Waals surface area contributed by atoms with E-state index in [-0.39, 0.29) is 29.7 Å². The first-order valence-electron chi connectivity index (χ1n) is 8.52. The second-order valence-corrected chi connectivity index (χ2v) is 8.41. The Bertz CT molecular complexity index is 782. The molecule has 152 valence electrons. The van der Waals surface area contributed by atoms with E-state index in [2.05, 4.69) is 21.7 Å². The lowest BCUT2D eigenvalue weighted by atomic mass is 10.1. The number of rotatable bonds is 7. The average Bonchev–Trinajstić information content (AvgIpc) is 2.60. The Balaban J connectivity index is 0.00000364. The maximum Gasteiger partial charge on any atom is 0.191 e. The number of hydrogen-bond acceptors (Lipinski definition) is 4. The van der Waals surface area contributed by atoms with Crippen molar-refractivity contribution in [3.05, 3.63) is 46.8 Å². The van der Waals surface area contributed by atoms with Crippen LogP contribution in [0.5, 0.6) is 0 Å². The third-order valence-electron chi connectivity index (χ3n) is 4.05. The minimum Gasteiger partial charge on any atom is -0.377 e. The predicted molar refractivity (Wildman–Crippen MR) is 117 cm³/mol. The minimum absolute atomic E-state index is 0. The van der Waals surface area contributed by atoms with Crippen LogP contribution in [0.15, 0.2) is 34.8 Å². The molecule has 0 aliphatic carbocycles. The third kappa shape index (κ3) is 9.02. The quantitative estimate of drug-likeness (QED) is 0.255. The van der Waals surface area contributed by atoms with Crippen molar-refractivity contribution in [2.45, 2.75) is 25.1 Å². The molecule has 0 spiro atoms. The van der Waals surface area contributed by atoms with Crippen LogP contribution in [0.1, 0.15) is 24.0 Å². The van der Waals surface area contributed by atoms with Gasteiger partial charge in [-0.15, -0.1) is 24.0 Å². The molecule has 1 aromatic rings. The van der Waals surface area contributed by atoms with Gasteiger partial charge < -0.3 is 15.4 Å². The fraction of sp³-hybridized carbons (Fsp3) is 0.500. The third-order valence-corrected chi connectivity index (χ3v) is 4.89. The van der Waals surface area contributed by atoms with Gasteiger partial charge >= 0.3 is 0 Å². The molecule has 0 radical (unpaired) electrons. The Labute approximate surface area is 177 Å². The van der Waals surface area contributed by atoms with E-state index in [0.717, 1.165) is 26.0 Å². The fourth-order valence-corrected chi connectivity index (χ4v) is 3.56. The molecule has 1 aliphatic heterocycles. The first kappa shape index (κ1) is 23.8. The molecule has 9 heteroatoms. The van der Waals surface area contributed by atoms with E-state index in [1.54, 1.807) is 7.05 Å². The number of guanidine groups is 1. The van der Waals surface area contributed by atoms with Gasteiger partial charge in [0, 0.05) is 26.4 Å². The standard InChI is InChI=1S/C18H26FN3O3S.HI/c1-20-18(21-8-5-14-6-9-25-10-7-14)22-12-16-11-17(19)4-3-15(16)13-26(2,23)24;/h3-4,6,11H,5,7-10,12-13H2,1-2H3,(H2,20,21,22);1H. The van der Waals surface area contributed by atoms with Crippen LogP contribution in [-0.2, 0) is 26.9 Å². The van der Waals surface area contributed by atoms with E-state index in [9.17, 15) is 12.8 Å². The summed E-state index contributed by atoms with van der Waals surface area (Å²) in [6.45, 7) is 2.45. The molecule has 6 nitrogen and oxygen atoms in total. The molecule has 1 heterocycles. The number of halogens is 2. The van der Waals surface area contributed by atoms with Crippen molar-refractivity contribution in [1.82, 2.24) is 10.6 Å². The first-order chi connectivity index (χ1) is 12.4. The summed E-state index contributed by atoms with van der Waals surface area (Å²) in [6.07, 6.45) is 5.12. The van der Waals surface area contributed by atoms with E-state index in [1.165, 1.54) is 30.0 Å². The van der Waals surface area contributed by atoms with E-state index >= 15 is 0 Å². The number of nitrogens with one attached hydrogen (secondary N) is 2. The largest absolute Gasteiger partial charge is 0.377 e. The number of hydrogen-bond donors (Lipinski definition) is 2. The first-order valence-corrected chi connectivity index (χ1v) is 10.6. The number of ether oxygens (including phenoxy) is 1. The van der Waals surface area contributed by atoms with E-state index in [0.29, 0.717) is 30.2 Å². The molecule has 0 saturated heterocycles. The maximum atomic E-state index is 13.6. The number of aliphatic imine (C=N–C) groups is 1. The average molecular weight is 511 g/mol. The summed E-state index contributed by atoms with van der Waals surface area (Å²) in [5.74, 6) is 0.0766. The normalized spacial score (nSPS) is 14.9. The zero-order valence-corrected chi connectivity index (χ0v) is 18.8. The van der Waals surface area contributed by atoms with Crippen molar-refractivity contribution >= 4 is 39.8 Å². The van der Waals surface area contributed by atoms with Crippen LogP contribution in [-0.4, -0.2) is 47.4 Å². The molecule has 27 heavy (non-hydrogen) atoms. The number of benzene rings is 1. The Morgan fingerprint density at radius 3 is 2.70 bits per heavy atom. The smallest absolute Gasteiger partial charge is 0.191 e. The Morgan fingerprint density at radius 2 is 2.07 bits per heavy atom. The molecular formula is C18H27FIN3O3S. The Hall–Kier alpha value is -1.20. The van der Waals surface area contributed by atoms with Crippen LogP contribution in [0.3, 0.4) is 0 Å². The van der Waals surface area contributed by atoms with E-state index in [4.69, 9.17) is 4.74 Å². The Kier molecular flexibility index (Phi) is 10.2. The van der Waals surface area contributed by atoms with Gasteiger partial charge in [-0.25, -0.2) is 12.8 Å². The molecule has 0 aromatic heterocycles. The van der Waals surface area contributed by atoms with Crippen LogP contribution in [0.4, 0.5) is 4.39 Å². The van der Waals surface area contributed by atoms with Gasteiger partial charge in [0.1, 0.15) is 5.82 Å². The zero-order chi connectivity index (χ0) is 19.0. The number of nitrogens with zero attached hydrogens (tertiary/aromatic N) is 1. The minimum atomic E-state index is -3.20. The lowest BCUT2D eigenvalue weighted by molar-refractivity contribution is 0.153. The highest BCUT2D eigenvalue weighted by Crippen LogP contribution is 2.14. The lowest BCUT2D eigenvalue weighted by Gasteiger charge is -2.16. The summed E-state index contributed by atoms with van der Waals surface area (Å²) < 4.78 is 42.0. The maximum absolute atomic E-state index is 13.6. The summed E-state index contributed by atoms with van der Waals surface area (Å²) in [7, 11) is -1.54. The van der Waals surface area contributed by atoms with Crippen molar-refractivity contribution in [2.75, 3.05) is 33.1 Å². The topological polar surface area (TPSA) is 79.8 Å². The van der Waals surface area contributed by atoms with Gasteiger partial charge in [0.15, 0.2) is 15.8 Å². The van der Waals surface area contributed by atoms with Crippen LogP contribution in [0.2, 0.25) is 0 Å². The van der Waals surface area contributed by atoms with Gasteiger partial charge in [-0.1, -0.05) is 17.7 Å². The van der Waals surface area contributed by atoms with Crippen LogP contribution >= 0.6 is 24.0 Å². The molecule has 0 amide bonds. The molecule has 0 unspecified atom stereocenters. The molecule has 2 rings (SSSR count). The number of sulfone groups is 1. The van der Waals surface area contributed by atoms with Crippen molar-refractivity contribution in [3.63, 3.8) is 0 Å². The van der Waals surface area contributed by atoms with Gasteiger partial charge in [0.25, 0.3) is 0 Å². The zero-order valence-electron chi connectivity index (χ0n) is 15.6. The van der Waals surface area contributed by atoms with Gasteiger partial charge in [-0.3, -0.25) is 4.99 Å². The Morgan fingerprint density at radius 1 is 1.30 bits per heavy atom. The summed E-state index contributed by atoms with van der Waals surface area (Å²) in [5.41, 5.74) is 2.55. The van der Waals surface area contributed by atoms with Crippen molar-refractivity contribution in [2.24, 2.45) is 4.99 Å². The van der Waals surface area contributed by atoms with Crippen molar-refractivity contribution in [1.29, 1.82) is 0 Å². The highest BCUT2D eigenvalue weighted by molar-refractivity contribution is 14.0. The molecule has 0 atom stereocenters. The van der Waals surface area contributed by atoms with E-state index in [1.807, 2.05) is 0 Å². The van der Waals surface area contributed by atoms with Crippen LogP contribution in [0, 0.1) is 5.82 Å². The SMILES string of the molecule is CN=C(NCCC1=CCOCC1)NCc1cc(F)ccc1CS(C)(=O)=O.I. The fourth-order valence-electron chi connectivity index (χ4n) is 2.72. The summed E-state index contributed by atoms with van der Waals surface area (Å²) in [6, 6.07) is 4.15. The molecule has 1 aromatic carbocycles. The van der Waals surface area contributed by atoms with Gasteiger partial charge in [0.05, 0.1) is 19.0 Å². The molecule has 1 aliphatic rings.